The molecule has 0 aliphatic rings. The molecular formula is C12H10N4O2S. The van der Waals surface area contributed by atoms with E-state index in [1.165, 1.54) is 22.5 Å². The highest BCUT2D eigenvalue weighted by Gasteiger charge is 2.16. The lowest BCUT2D eigenvalue weighted by atomic mass is 10.2. The quantitative estimate of drug-likeness (QED) is 0.486. The number of imidazole rings is 1. The molecule has 0 saturated heterocycles. The number of hydrogen-bond acceptors (Lipinski definition) is 5. The standard InChI is InChI=1S/C12H10N4O2S/c1-15-11(14-7-12(15)16(17)18)8-19-10-4-2-9(6-13)3-5-10/h2-5,7H,8H2,1H3. The number of nitrogens with zero attached hydrogens (tertiary/aromatic N) is 4. The van der Waals surface area contributed by atoms with Gasteiger partial charge in [0.1, 0.15) is 6.20 Å². The summed E-state index contributed by atoms with van der Waals surface area (Å²) in [6.45, 7) is 0. The Balaban J connectivity index is 2.06. The number of aromatic nitrogens is 2. The summed E-state index contributed by atoms with van der Waals surface area (Å²) in [5, 5.41) is 19.4. The average molecular weight is 274 g/mol. The molecule has 0 N–H and O–H groups in total. The second kappa shape index (κ2) is 5.54. The van der Waals surface area contributed by atoms with Crippen molar-refractivity contribution in [1.82, 2.24) is 9.55 Å². The van der Waals surface area contributed by atoms with Crippen molar-refractivity contribution in [2.24, 2.45) is 7.05 Å². The summed E-state index contributed by atoms with van der Waals surface area (Å²) < 4.78 is 1.47. The number of hydrogen-bond donors (Lipinski definition) is 0. The minimum atomic E-state index is -0.455. The van der Waals surface area contributed by atoms with Crippen molar-refractivity contribution in [3.05, 3.63) is 52.0 Å². The first kappa shape index (κ1) is 13.1. The molecule has 6 nitrogen and oxygen atoms in total. The molecule has 0 atom stereocenters. The van der Waals surface area contributed by atoms with Crippen LogP contribution in [0.1, 0.15) is 11.4 Å². The van der Waals surface area contributed by atoms with Gasteiger partial charge in [0.05, 0.1) is 24.4 Å². The summed E-state index contributed by atoms with van der Waals surface area (Å²) >= 11 is 1.52. The molecule has 0 unspecified atom stereocenters. The van der Waals surface area contributed by atoms with Gasteiger partial charge in [0.15, 0.2) is 0 Å². The van der Waals surface area contributed by atoms with Crippen molar-refractivity contribution in [3.63, 3.8) is 0 Å². The van der Waals surface area contributed by atoms with E-state index in [-0.39, 0.29) is 5.82 Å². The number of thioether (sulfide) groups is 1. The molecule has 7 heteroatoms. The van der Waals surface area contributed by atoms with Crippen molar-refractivity contribution in [2.75, 3.05) is 0 Å². The van der Waals surface area contributed by atoms with Gasteiger partial charge in [-0.1, -0.05) is 0 Å². The van der Waals surface area contributed by atoms with E-state index in [2.05, 4.69) is 11.1 Å². The van der Waals surface area contributed by atoms with Crippen LogP contribution in [0.2, 0.25) is 0 Å². The van der Waals surface area contributed by atoms with E-state index in [0.717, 1.165) is 4.90 Å². The summed E-state index contributed by atoms with van der Waals surface area (Å²) in [6, 6.07) is 9.23. The third-order valence-corrected chi connectivity index (χ3v) is 3.61. The molecular weight excluding hydrogens is 264 g/mol. The van der Waals surface area contributed by atoms with Gasteiger partial charge in [-0.2, -0.15) is 5.26 Å². The predicted molar refractivity (Wildman–Crippen MR) is 70.6 cm³/mol. The molecule has 1 aromatic heterocycles. The molecule has 0 fully saturated rings. The number of rotatable bonds is 4. The van der Waals surface area contributed by atoms with Gasteiger partial charge in [-0.05, 0) is 29.2 Å². The predicted octanol–water partition coefficient (Wildman–Crippen LogP) is 2.49. The topological polar surface area (TPSA) is 84.8 Å². The van der Waals surface area contributed by atoms with E-state index in [9.17, 15) is 10.1 Å². The van der Waals surface area contributed by atoms with Gasteiger partial charge in [-0.3, -0.25) is 0 Å². The molecule has 0 amide bonds. The molecule has 0 aliphatic heterocycles. The van der Waals surface area contributed by atoms with E-state index in [1.54, 1.807) is 19.2 Å². The second-order valence-electron chi connectivity index (χ2n) is 3.77. The summed E-state index contributed by atoms with van der Waals surface area (Å²) in [4.78, 5) is 15.3. The molecule has 0 spiro atoms. The fraction of sp³-hybridized carbons (Fsp3) is 0.167. The zero-order valence-electron chi connectivity index (χ0n) is 10.1. The summed E-state index contributed by atoms with van der Waals surface area (Å²) in [6.07, 6.45) is 1.26. The number of nitriles is 1. The van der Waals surface area contributed by atoms with Crippen LogP contribution in [0.3, 0.4) is 0 Å². The van der Waals surface area contributed by atoms with Crippen LogP contribution in [-0.2, 0) is 12.8 Å². The third-order valence-electron chi connectivity index (χ3n) is 2.60. The molecule has 1 aromatic carbocycles. The van der Waals surface area contributed by atoms with Crippen LogP contribution < -0.4 is 0 Å². The fourth-order valence-corrected chi connectivity index (χ4v) is 2.41. The van der Waals surface area contributed by atoms with Crippen LogP contribution in [0.15, 0.2) is 35.4 Å². The molecule has 0 aliphatic carbocycles. The monoisotopic (exact) mass is 274 g/mol. The first-order valence-corrected chi connectivity index (χ1v) is 6.38. The Morgan fingerprint density at radius 2 is 2.16 bits per heavy atom. The zero-order valence-corrected chi connectivity index (χ0v) is 10.9. The minimum absolute atomic E-state index is 0.0181. The lowest BCUT2D eigenvalue weighted by molar-refractivity contribution is -0.391. The fourth-order valence-electron chi connectivity index (χ4n) is 1.51. The maximum Gasteiger partial charge on any atom is 0.342 e. The Morgan fingerprint density at radius 3 is 2.68 bits per heavy atom. The molecule has 0 saturated carbocycles. The van der Waals surface area contributed by atoms with E-state index in [4.69, 9.17) is 5.26 Å². The van der Waals surface area contributed by atoms with Crippen LogP contribution in [-0.4, -0.2) is 14.5 Å². The highest BCUT2D eigenvalue weighted by molar-refractivity contribution is 7.98. The maximum absolute atomic E-state index is 10.7. The van der Waals surface area contributed by atoms with Crippen LogP contribution in [0.25, 0.3) is 0 Å². The Morgan fingerprint density at radius 1 is 1.47 bits per heavy atom. The highest BCUT2D eigenvalue weighted by atomic mass is 32.2. The van der Waals surface area contributed by atoms with Crippen molar-refractivity contribution in [2.45, 2.75) is 10.6 Å². The maximum atomic E-state index is 10.7. The minimum Gasteiger partial charge on any atom is -0.358 e. The van der Waals surface area contributed by atoms with Crippen LogP contribution in [0.5, 0.6) is 0 Å². The molecule has 19 heavy (non-hydrogen) atoms. The van der Waals surface area contributed by atoms with Crippen molar-refractivity contribution >= 4 is 17.6 Å². The summed E-state index contributed by atoms with van der Waals surface area (Å²) in [5.41, 5.74) is 0.608. The molecule has 0 bridgehead atoms. The Hall–Kier alpha value is -2.33. The highest BCUT2D eigenvalue weighted by Crippen LogP contribution is 2.24. The first-order valence-electron chi connectivity index (χ1n) is 5.39. The van der Waals surface area contributed by atoms with E-state index >= 15 is 0 Å². The van der Waals surface area contributed by atoms with Gasteiger partial charge in [0.25, 0.3) is 0 Å². The lowest BCUT2D eigenvalue weighted by Crippen LogP contribution is -2.00. The van der Waals surface area contributed by atoms with E-state index < -0.39 is 4.92 Å². The van der Waals surface area contributed by atoms with Gasteiger partial charge >= 0.3 is 5.82 Å². The Labute approximate surface area is 113 Å². The lowest BCUT2D eigenvalue weighted by Gasteiger charge is -2.00. The van der Waals surface area contributed by atoms with Crippen molar-refractivity contribution in [1.29, 1.82) is 5.26 Å². The van der Waals surface area contributed by atoms with Gasteiger partial charge in [-0.25, -0.2) is 9.55 Å². The third kappa shape index (κ3) is 2.92. The van der Waals surface area contributed by atoms with Crippen LogP contribution in [0, 0.1) is 21.4 Å². The molecule has 2 rings (SSSR count). The van der Waals surface area contributed by atoms with Crippen molar-refractivity contribution in [3.8, 4) is 6.07 Å². The SMILES string of the molecule is Cn1c([N+](=O)[O-])cnc1CSc1ccc(C#N)cc1. The molecule has 2 aromatic rings. The van der Waals surface area contributed by atoms with E-state index in [0.29, 0.717) is 17.1 Å². The van der Waals surface area contributed by atoms with E-state index in [1.807, 2.05) is 12.1 Å². The van der Waals surface area contributed by atoms with Crippen molar-refractivity contribution < 1.29 is 4.92 Å². The largest absolute Gasteiger partial charge is 0.358 e. The number of benzene rings is 1. The normalized spacial score (nSPS) is 10.1. The van der Waals surface area contributed by atoms with Gasteiger partial charge in [0, 0.05) is 4.90 Å². The van der Waals surface area contributed by atoms with Gasteiger partial charge in [0.2, 0.25) is 5.82 Å². The van der Waals surface area contributed by atoms with Gasteiger partial charge in [-0.15, -0.1) is 11.8 Å². The number of nitro groups is 1. The van der Waals surface area contributed by atoms with Crippen LogP contribution >= 0.6 is 11.8 Å². The molecule has 96 valence electrons. The summed E-state index contributed by atoms with van der Waals surface area (Å²) in [7, 11) is 1.62. The summed E-state index contributed by atoms with van der Waals surface area (Å²) in [5.74, 6) is 1.16. The van der Waals surface area contributed by atoms with Crippen LogP contribution in [0.4, 0.5) is 5.82 Å². The zero-order chi connectivity index (χ0) is 13.8. The Bertz CT molecular complexity index is 643. The smallest absolute Gasteiger partial charge is 0.342 e. The second-order valence-corrected chi connectivity index (χ2v) is 4.82. The Kier molecular flexibility index (Phi) is 3.82. The first-order chi connectivity index (χ1) is 9.11. The molecule has 1 heterocycles. The molecule has 0 radical (unpaired) electrons. The average Bonchev–Trinajstić information content (AvgIpc) is 2.78. The van der Waals surface area contributed by atoms with Gasteiger partial charge < -0.3 is 10.1 Å².